The molecule has 3 aromatic rings. The molecule has 146 valence electrons. The minimum absolute atomic E-state index is 0.0746. The summed E-state index contributed by atoms with van der Waals surface area (Å²) in [5.41, 5.74) is 12.9. The quantitative estimate of drug-likeness (QED) is 0.514. The number of H-pyrrole nitrogens is 1. The zero-order valence-electron chi connectivity index (χ0n) is 16.0. The molecule has 0 radical (unpaired) electrons. The Labute approximate surface area is 168 Å². The third kappa shape index (κ3) is 2.01. The Morgan fingerprint density at radius 3 is 2.93 bits per heavy atom. The fraction of sp³-hybridized carbons (Fsp3) is 0.391. The Morgan fingerprint density at radius 2 is 2.00 bits per heavy atom. The van der Waals surface area contributed by atoms with Gasteiger partial charge in [-0.15, -0.1) is 0 Å². The number of nitrogens with one attached hydrogen (secondary N) is 3. The van der Waals surface area contributed by atoms with E-state index in [0.29, 0.717) is 24.2 Å². The number of rotatable bonds is 1. The number of carbonyl (C=O) groups excluding carboxylic acids is 1. The fourth-order valence-corrected chi connectivity index (χ4v) is 6.78. The average Bonchev–Trinajstić information content (AvgIpc) is 3.51. The van der Waals surface area contributed by atoms with Gasteiger partial charge in [0.1, 0.15) is 0 Å². The van der Waals surface area contributed by atoms with Crippen molar-refractivity contribution >= 4 is 28.3 Å². The molecular formula is C23H23N5O. The van der Waals surface area contributed by atoms with E-state index < -0.39 is 0 Å². The van der Waals surface area contributed by atoms with Gasteiger partial charge >= 0.3 is 0 Å². The normalized spacial score (nSPS) is 31.3. The van der Waals surface area contributed by atoms with E-state index in [9.17, 15) is 4.79 Å². The summed E-state index contributed by atoms with van der Waals surface area (Å²) < 4.78 is 0. The van der Waals surface area contributed by atoms with Crippen LogP contribution in [0.2, 0.25) is 0 Å². The number of nitrogens with zero attached hydrogens (tertiary/aromatic N) is 1. The number of hydrogen-bond acceptors (Lipinski definition) is 4. The zero-order valence-corrected chi connectivity index (χ0v) is 16.0. The van der Waals surface area contributed by atoms with Crippen molar-refractivity contribution in [3.63, 3.8) is 0 Å². The van der Waals surface area contributed by atoms with E-state index in [1.165, 1.54) is 36.1 Å². The number of anilines is 2. The van der Waals surface area contributed by atoms with Gasteiger partial charge in [0.2, 0.25) is 0 Å². The van der Waals surface area contributed by atoms with Crippen LogP contribution in [-0.2, 0) is 6.54 Å². The van der Waals surface area contributed by atoms with Crippen LogP contribution in [0.5, 0.6) is 0 Å². The lowest BCUT2D eigenvalue weighted by Crippen LogP contribution is -2.35. The van der Waals surface area contributed by atoms with Crippen molar-refractivity contribution in [2.45, 2.75) is 37.8 Å². The van der Waals surface area contributed by atoms with Gasteiger partial charge in [0.25, 0.3) is 5.91 Å². The van der Waals surface area contributed by atoms with Crippen molar-refractivity contribution in [3.05, 3.63) is 52.6 Å². The van der Waals surface area contributed by atoms with E-state index in [4.69, 9.17) is 5.73 Å². The third-order valence-corrected chi connectivity index (χ3v) is 7.97. The summed E-state index contributed by atoms with van der Waals surface area (Å²) in [5.74, 6) is 3.21. The van der Waals surface area contributed by atoms with Gasteiger partial charge in [-0.1, -0.05) is 6.07 Å². The first kappa shape index (κ1) is 15.9. The molecule has 7 rings (SSSR count). The largest absolute Gasteiger partial charge is 0.382 e. The van der Waals surface area contributed by atoms with Crippen molar-refractivity contribution in [2.75, 3.05) is 11.1 Å². The van der Waals surface area contributed by atoms with Gasteiger partial charge in [-0.3, -0.25) is 9.89 Å². The predicted octanol–water partition coefficient (Wildman–Crippen LogP) is 3.69. The van der Waals surface area contributed by atoms with Crippen LogP contribution in [0.25, 0.3) is 10.9 Å². The molecule has 6 heteroatoms. The number of amides is 1. The van der Waals surface area contributed by atoms with E-state index in [-0.39, 0.29) is 11.9 Å². The molecule has 0 saturated heterocycles. The van der Waals surface area contributed by atoms with Crippen molar-refractivity contribution in [1.29, 1.82) is 0 Å². The molecule has 3 heterocycles. The van der Waals surface area contributed by atoms with Crippen molar-refractivity contribution in [1.82, 2.24) is 15.5 Å². The Bertz CT molecular complexity index is 1200. The second kappa shape index (κ2) is 5.32. The lowest BCUT2D eigenvalue weighted by Gasteiger charge is -2.43. The molecule has 0 unspecified atom stereocenters. The predicted molar refractivity (Wildman–Crippen MR) is 112 cm³/mol. The highest BCUT2D eigenvalue weighted by Gasteiger charge is 2.54. The lowest BCUT2D eigenvalue weighted by molar-refractivity contribution is 0.0965. The summed E-state index contributed by atoms with van der Waals surface area (Å²) >= 11 is 0. The van der Waals surface area contributed by atoms with Gasteiger partial charge < -0.3 is 16.4 Å². The van der Waals surface area contributed by atoms with E-state index >= 15 is 0 Å². The second-order valence-corrected chi connectivity index (χ2v) is 9.25. The summed E-state index contributed by atoms with van der Waals surface area (Å²) in [4.78, 5) is 12.3. The number of aromatic amines is 1. The Balaban J connectivity index is 1.40. The van der Waals surface area contributed by atoms with Crippen molar-refractivity contribution < 1.29 is 4.79 Å². The molecule has 2 aliphatic heterocycles. The molecule has 4 aliphatic rings. The molecule has 6 nitrogen and oxygen atoms in total. The monoisotopic (exact) mass is 385 g/mol. The third-order valence-electron chi connectivity index (χ3n) is 7.97. The molecule has 0 spiro atoms. The highest BCUT2D eigenvalue weighted by atomic mass is 16.1. The number of fused-ring (bicyclic) bond motifs is 9. The number of aromatic nitrogens is 2. The van der Waals surface area contributed by atoms with Crippen molar-refractivity contribution in [3.8, 4) is 0 Å². The van der Waals surface area contributed by atoms with Crippen LogP contribution in [-0.4, -0.2) is 16.1 Å². The van der Waals surface area contributed by atoms with E-state index in [1.54, 1.807) is 0 Å². The van der Waals surface area contributed by atoms with Crippen molar-refractivity contribution in [2.24, 2.45) is 17.8 Å². The first-order chi connectivity index (χ1) is 14.2. The van der Waals surface area contributed by atoms with E-state index in [2.05, 4.69) is 51.2 Å². The molecule has 1 aromatic heterocycles. The maximum absolute atomic E-state index is 12.3. The number of carbonyl (C=O) groups is 1. The summed E-state index contributed by atoms with van der Waals surface area (Å²) in [6, 6.07) is 11.2. The fourth-order valence-electron chi connectivity index (χ4n) is 6.78. The van der Waals surface area contributed by atoms with E-state index in [0.717, 1.165) is 33.9 Å². The van der Waals surface area contributed by atoms with Crippen LogP contribution in [0.3, 0.4) is 0 Å². The maximum atomic E-state index is 12.3. The van der Waals surface area contributed by atoms with Gasteiger partial charge in [-0.25, -0.2) is 0 Å². The summed E-state index contributed by atoms with van der Waals surface area (Å²) in [5, 5.41) is 15.0. The molecule has 29 heavy (non-hydrogen) atoms. The topological polar surface area (TPSA) is 95.8 Å². The van der Waals surface area contributed by atoms with Crippen LogP contribution in [0.1, 0.15) is 58.3 Å². The Morgan fingerprint density at radius 1 is 1.10 bits per heavy atom. The van der Waals surface area contributed by atoms with Gasteiger partial charge in [0.15, 0.2) is 5.82 Å². The zero-order chi connectivity index (χ0) is 19.3. The summed E-state index contributed by atoms with van der Waals surface area (Å²) in [6.07, 6.45) is 3.95. The minimum atomic E-state index is 0.0746. The van der Waals surface area contributed by atoms with Crippen LogP contribution in [0.4, 0.5) is 11.5 Å². The molecule has 2 aromatic carbocycles. The number of nitrogen functional groups attached to an aromatic ring is 1. The van der Waals surface area contributed by atoms with Gasteiger partial charge in [0, 0.05) is 23.2 Å². The SMILES string of the molecule is Nc1n[nH]c2ccc([C@H]3Nc4cc5c(cc4[C@@H]4[C@H]6CC[C@H](C6)[C@@H]43)C(=O)NC5)cc12. The first-order valence-corrected chi connectivity index (χ1v) is 10.6. The van der Waals surface area contributed by atoms with Crippen LogP contribution in [0, 0.1) is 17.8 Å². The van der Waals surface area contributed by atoms with Gasteiger partial charge in [-0.2, -0.15) is 5.10 Å². The number of hydrogen-bond donors (Lipinski definition) is 4. The molecular weight excluding hydrogens is 362 g/mol. The molecule has 5 N–H and O–H groups in total. The van der Waals surface area contributed by atoms with Crippen LogP contribution in [0.15, 0.2) is 30.3 Å². The second-order valence-electron chi connectivity index (χ2n) is 9.25. The summed E-state index contributed by atoms with van der Waals surface area (Å²) in [7, 11) is 0. The molecule has 2 bridgehead atoms. The molecule has 2 fully saturated rings. The van der Waals surface area contributed by atoms with Crippen LogP contribution >= 0.6 is 0 Å². The highest BCUT2D eigenvalue weighted by molar-refractivity contribution is 5.99. The average molecular weight is 385 g/mol. The molecule has 1 amide bonds. The summed E-state index contributed by atoms with van der Waals surface area (Å²) in [6.45, 7) is 0.630. The highest BCUT2D eigenvalue weighted by Crippen LogP contribution is 2.64. The smallest absolute Gasteiger partial charge is 0.251 e. The van der Waals surface area contributed by atoms with Gasteiger partial charge in [0.05, 0.1) is 11.6 Å². The lowest BCUT2D eigenvalue weighted by atomic mass is 9.67. The number of benzene rings is 2. The first-order valence-electron chi connectivity index (χ1n) is 10.6. The molecule has 2 aliphatic carbocycles. The molecule has 2 saturated carbocycles. The molecule has 5 atom stereocenters. The van der Waals surface area contributed by atoms with Crippen LogP contribution < -0.4 is 16.4 Å². The Kier molecular flexibility index (Phi) is 2.91. The standard InChI is InChI=1S/C23H23N5O/c24-22-16-6-12(3-4-17(16)27-28-22)21-20-11-2-1-10(5-11)19(20)15-8-14-13(7-18(15)26-21)9-25-23(14)29/h3-4,6-8,10-11,19-21,26H,1-2,5,9H2,(H,25,29)(H3,24,27,28)/t10-,11+,19-,20-,21+/m0/s1. The van der Waals surface area contributed by atoms with E-state index in [1.807, 2.05) is 0 Å². The minimum Gasteiger partial charge on any atom is -0.382 e. The number of nitrogens with two attached hydrogens (primary N) is 1. The van der Waals surface area contributed by atoms with Gasteiger partial charge in [-0.05, 0) is 83.9 Å². The maximum Gasteiger partial charge on any atom is 0.251 e. The Hall–Kier alpha value is -3.02.